The smallest absolute Gasteiger partial charge is 0.132 e. The fourth-order valence-corrected chi connectivity index (χ4v) is 4.03. The second kappa shape index (κ2) is 6.38. The van der Waals surface area contributed by atoms with E-state index in [1.54, 1.807) is 5.57 Å². The van der Waals surface area contributed by atoms with E-state index in [9.17, 15) is 4.79 Å². The number of ketones is 1. The molecule has 1 rings (SSSR count). The molecule has 0 heterocycles. The molecule has 92 valence electrons. The predicted molar refractivity (Wildman–Crippen MR) is 73.6 cm³/mol. The van der Waals surface area contributed by atoms with Gasteiger partial charge in [-0.3, -0.25) is 4.79 Å². The number of carbonyl (C=O) groups excluding carboxylic acids is 1. The molecule has 0 saturated heterocycles. The van der Waals surface area contributed by atoms with Gasteiger partial charge in [-0.15, -0.1) is 0 Å². The van der Waals surface area contributed by atoms with Crippen molar-refractivity contribution in [2.24, 2.45) is 0 Å². The zero-order valence-corrected chi connectivity index (χ0v) is 12.1. The first-order valence-electron chi connectivity index (χ1n) is 6.67. The highest BCUT2D eigenvalue weighted by Crippen LogP contribution is 2.23. The molecule has 0 aromatic rings. The van der Waals surface area contributed by atoms with Crippen LogP contribution in [0.5, 0.6) is 0 Å². The van der Waals surface area contributed by atoms with Gasteiger partial charge in [0.2, 0.25) is 0 Å². The van der Waals surface area contributed by atoms with E-state index in [1.165, 1.54) is 18.9 Å². The summed E-state index contributed by atoms with van der Waals surface area (Å²) >= 11 is 0. The molecule has 0 unspecified atom stereocenters. The minimum atomic E-state index is -0.961. The van der Waals surface area contributed by atoms with Crippen molar-refractivity contribution in [3.05, 3.63) is 11.6 Å². The molecule has 0 radical (unpaired) electrons. The summed E-state index contributed by atoms with van der Waals surface area (Å²) in [7, 11) is -0.961. The van der Waals surface area contributed by atoms with Crippen LogP contribution in [-0.4, -0.2) is 13.9 Å². The van der Waals surface area contributed by atoms with Crippen molar-refractivity contribution >= 4 is 13.9 Å². The van der Waals surface area contributed by atoms with Crippen LogP contribution in [0.25, 0.3) is 0 Å². The molecule has 0 aromatic carbocycles. The lowest BCUT2D eigenvalue weighted by molar-refractivity contribution is -0.119. The first-order chi connectivity index (χ1) is 7.47. The monoisotopic (exact) mass is 238 g/mol. The van der Waals surface area contributed by atoms with Crippen molar-refractivity contribution in [2.75, 3.05) is 0 Å². The lowest BCUT2D eigenvalue weighted by Crippen LogP contribution is -2.20. The van der Waals surface area contributed by atoms with E-state index >= 15 is 0 Å². The number of allylic oxidation sites excluding steroid dienone is 2. The van der Waals surface area contributed by atoms with E-state index in [0.717, 1.165) is 32.1 Å². The molecule has 0 spiro atoms. The quantitative estimate of drug-likeness (QED) is 0.509. The Bertz CT molecular complexity index is 260. The molecule has 0 aromatic heterocycles. The van der Waals surface area contributed by atoms with E-state index < -0.39 is 8.07 Å². The summed E-state index contributed by atoms with van der Waals surface area (Å²) in [4.78, 5) is 11.4. The molecular formula is C14H26OSi. The molecular weight excluding hydrogens is 212 g/mol. The zero-order chi connectivity index (χ0) is 12.0. The van der Waals surface area contributed by atoms with Crippen LogP contribution >= 0.6 is 0 Å². The summed E-state index contributed by atoms with van der Waals surface area (Å²) in [5, 5.41) is 0. The van der Waals surface area contributed by atoms with E-state index in [0.29, 0.717) is 5.78 Å². The standard InChI is InChI=1S/C14H26OSi/c1-16(2,3)12-13-8-4-6-10-14(15)11-7-5-9-13/h8H,4-7,9-12H2,1-3H3/b13-8+. The molecule has 2 heteroatoms. The van der Waals surface area contributed by atoms with Crippen molar-refractivity contribution in [1.82, 2.24) is 0 Å². The fraction of sp³-hybridized carbons (Fsp3) is 0.786. The Morgan fingerprint density at radius 3 is 2.38 bits per heavy atom. The third-order valence-corrected chi connectivity index (χ3v) is 4.57. The van der Waals surface area contributed by atoms with Crippen molar-refractivity contribution in [3.8, 4) is 0 Å². The largest absolute Gasteiger partial charge is 0.300 e. The highest BCUT2D eigenvalue weighted by atomic mass is 28.3. The fourth-order valence-electron chi connectivity index (χ4n) is 2.35. The zero-order valence-electron chi connectivity index (χ0n) is 11.1. The van der Waals surface area contributed by atoms with Crippen LogP contribution in [0, 0.1) is 0 Å². The van der Waals surface area contributed by atoms with Gasteiger partial charge in [-0.05, 0) is 38.1 Å². The van der Waals surface area contributed by atoms with Crippen LogP contribution in [0.2, 0.25) is 25.7 Å². The van der Waals surface area contributed by atoms with E-state index in [2.05, 4.69) is 25.7 Å². The molecule has 0 aliphatic heterocycles. The normalized spacial score (nSPS) is 23.7. The molecule has 0 atom stereocenters. The summed E-state index contributed by atoms with van der Waals surface area (Å²) in [5.41, 5.74) is 1.67. The van der Waals surface area contributed by atoms with Crippen molar-refractivity contribution in [3.63, 3.8) is 0 Å². The van der Waals surface area contributed by atoms with Gasteiger partial charge in [-0.2, -0.15) is 0 Å². The number of rotatable bonds is 2. The van der Waals surface area contributed by atoms with Crippen molar-refractivity contribution in [2.45, 2.75) is 70.6 Å². The molecule has 1 aliphatic carbocycles. The lowest BCUT2D eigenvalue weighted by Gasteiger charge is -2.19. The summed E-state index contributed by atoms with van der Waals surface area (Å²) in [6.07, 6.45) is 9.77. The maximum Gasteiger partial charge on any atom is 0.132 e. The van der Waals surface area contributed by atoms with Crippen LogP contribution in [-0.2, 0) is 4.79 Å². The summed E-state index contributed by atoms with van der Waals surface area (Å²) < 4.78 is 0. The summed E-state index contributed by atoms with van der Waals surface area (Å²) in [5.74, 6) is 0.474. The van der Waals surface area contributed by atoms with Crippen molar-refractivity contribution in [1.29, 1.82) is 0 Å². The molecule has 0 amide bonds. The highest BCUT2D eigenvalue weighted by molar-refractivity contribution is 6.76. The maximum atomic E-state index is 11.4. The summed E-state index contributed by atoms with van der Waals surface area (Å²) in [6, 6.07) is 1.35. The van der Waals surface area contributed by atoms with Crippen molar-refractivity contribution < 1.29 is 4.79 Å². The maximum absolute atomic E-state index is 11.4. The summed E-state index contributed by atoms with van der Waals surface area (Å²) in [6.45, 7) is 7.32. The average Bonchev–Trinajstić information content (AvgIpc) is 2.16. The van der Waals surface area contributed by atoms with Gasteiger partial charge in [0, 0.05) is 20.9 Å². The van der Waals surface area contributed by atoms with Crippen LogP contribution in [0.3, 0.4) is 0 Å². The van der Waals surface area contributed by atoms with Gasteiger partial charge in [0.05, 0.1) is 0 Å². The van der Waals surface area contributed by atoms with E-state index in [4.69, 9.17) is 0 Å². The van der Waals surface area contributed by atoms with Crippen LogP contribution in [0.4, 0.5) is 0 Å². The van der Waals surface area contributed by atoms with Gasteiger partial charge < -0.3 is 0 Å². The highest BCUT2D eigenvalue weighted by Gasteiger charge is 2.15. The Morgan fingerprint density at radius 2 is 1.69 bits per heavy atom. The SMILES string of the molecule is C[Si](C)(C)C/C1=C/CCCC(=O)CCCC1. The first kappa shape index (κ1) is 13.7. The molecule has 1 aliphatic rings. The minimum Gasteiger partial charge on any atom is -0.300 e. The van der Waals surface area contributed by atoms with Gasteiger partial charge >= 0.3 is 0 Å². The van der Waals surface area contributed by atoms with Gasteiger partial charge in [-0.1, -0.05) is 31.3 Å². The number of carbonyl (C=O) groups is 1. The first-order valence-corrected chi connectivity index (χ1v) is 10.4. The van der Waals surface area contributed by atoms with E-state index in [1.807, 2.05) is 0 Å². The Hall–Kier alpha value is -0.373. The Kier molecular flexibility index (Phi) is 5.46. The van der Waals surface area contributed by atoms with Gasteiger partial charge in [0.25, 0.3) is 0 Å². The molecule has 1 nitrogen and oxygen atoms in total. The van der Waals surface area contributed by atoms with Gasteiger partial charge in [0.15, 0.2) is 0 Å². The second-order valence-corrected chi connectivity index (χ2v) is 11.7. The van der Waals surface area contributed by atoms with Crippen LogP contribution in [0.15, 0.2) is 11.6 Å². The third-order valence-electron chi connectivity index (χ3n) is 3.05. The lowest BCUT2D eigenvalue weighted by atomic mass is 10.0. The second-order valence-electron chi connectivity index (χ2n) is 6.24. The molecule has 0 bridgehead atoms. The Morgan fingerprint density at radius 1 is 1.06 bits per heavy atom. The van der Waals surface area contributed by atoms with Gasteiger partial charge in [0.1, 0.15) is 5.78 Å². The Labute approximate surface area is 101 Å². The average molecular weight is 238 g/mol. The molecule has 0 fully saturated rings. The predicted octanol–water partition coefficient (Wildman–Crippen LogP) is 4.56. The number of Topliss-reactive ketones (excluding diaryl/α,β-unsaturated/α-hetero) is 1. The number of hydrogen-bond acceptors (Lipinski definition) is 1. The van der Waals surface area contributed by atoms with Crippen LogP contribution < -0.4 is 0 Å². The minimum absolute atomic E-state index is 0.474. The molecule has 16 heavy (non-hydrogen) atoms. The van der Waals surface area contributed by atoms with E-state index in [-0.39, 0.29) is 0 Å². The number of hydrogen-bond donors (Lipinski definition) is 0. The Balaban J connectivity index is 2.51. The van der Waals surface area contributed by atoms with Crippen LogP contribution in [0.1, 0.15) is 44.9 Å². The third kappa shape index (κ3) is 6.26. The molecule has 0 N–H and O–H groups in total. The van der Waals surface area contributed by atoms with Gasteiger partial charge in [-0.25, -0.2) is 0 Å². The molecule has 0 saturated carbocycles. The topological polar surface area (TPSA) is 17.1 Å².